The van der Waals surface area contributed by atoms with E-state index >= 15 is 0 Å². The first-order valence-corrected chi connectivity index (χ1v) is 9.58. The zero-order chi connectivity index (χ0) is 21.5. The Hall–Kier alpha value is -4.14. The Labute approximate surface area is 175 Å². The standard InChI is InChI=1S/C22H17FN6O2/c1-13-19(14-8-10-15(23)11-9-14)21-25-24-20-17(12-18(30)31-2)27-28(22(20)29(21)26-13)16-6-4-3-5-7-16/h3-11H,12H2,1-2H3. The van der Waals surface area contributed by atoms with Crippen molar-refractivity contribution in [1.82, 2.24) is 29.6 Å². The molecule has 154 valence electrons. The van der Waals surface area contributed by atoms with Crippen LogP contribution < -0.4 is 0 Å². The number of carbonyl (C=O) groups excluding carboxylic acids is 1. The van der Waals surface area contributed by atoms with Gasteiger partial charge in [-0.1, -0.05) is 30.3 Å². The lowest BCUT2D eigenvalue weighted by Crippen LogP contribution is -2.06. The Kier molecular flexibility index (Phi) is 4.43. The molecule has 3 heterocycles. The van der Waals surface area contributed by atoms with Crippen LogP contribution in [0.5, 0.6) is 0 Å². The molecular formula is C22H17FN6O2. The summed E-state index contributed by atoms with van der Waals surface area (Å²) in [6.07, 6.45) is -0.0436. The summed E-state index contributed by atoms with van der Waals surface area (Å²) in [4.78, 5) is 11.9. The smallest absolute Gasteiger partial charge is 0.311 e. The lowest BCUT2D eigenvalue weighted by atomic mass is 10.1. The van der Waals surface area contributed by atoms with Gasteiger partial charge in [-0.25, -0.2) is 9.07 Å². The van der Waals surface area contributed by atoms with Crippen LogP contribution in [0.1, 0.15) is 11.4 Å². The number of methoxy groups -OCH3 is 1. The number of hydrogen-bond donors (Lipinski definition) is 0. The molecule has 0 saturated carbocycles. The van der Waals surface area contributed by atoms with Crippen molar-refractivity contribution in [3.05, 3.63) is 71.8 Å². The van der Waals surface area contributed by atoms with E-state index in [2.05, 4.69) is 20.4 Å². The van der Waals surface area contributed by atoms with Gasteiger partial charge >= 0.3 is 5.97 Å². The summed E-state index contributed by atoms with van der Waals surface area (Å²) in [5, 5.41) is 18.1. The summed E-state index contributed by atoms with van der Waals surface area (Å²) < 4.78 is 21.6. The Bertz CT molecular complexity index is 1420. The molecule has 0 fully saturated rings. The number of rotatable bonds is 4. The van der Waals surface area contributed by atoms with E-state index in [1.54, 1.807) is 21.3 Å². The number of aromatic nitrogens is 6. The third kappa shape index (κ3) is 3.10. The molecule has 3 aromatic heterocycles. The van der Waals surface area contributed by atoms with Crippen LogP contribution in [-0.2, 0) is 16.0 Å². The largest absolute Gasteiger partial charge is 0.469 e. The maximum absolute atomic E-state index is 13.4. The predicted octanol–water partition coefficient (Wildman–Crippen LogP) is 3.29. The van der Waals surface area contributed by atoms with Gasteiger partial charge < -0.3 is 4.74 Å². The highest BCUT2D eigenvalue weighted by Gasteiger charge is 2.23. The second-order valence-electron chi connectivity index (χ2n) is 7.02. The normalized spacial score (nSPS) is 11.3. The molecule has 0 N–H and O–H groups in total. The molecule has 5 aromatic rings. The number of carbonyl (C=O) groups is 1. The van der Waals surface area contributed by atoms with E-state index in [-0.39, 0.29) is 12.2 Å². The lowest BCUT2D eigenvalue weighted by Gasteiger charge is -2.04. The number of halogens is 1. The topological polar surface area (TPSA) is 87.2 Å². The van der Waals surface area contributed by atoms with Crippen LogP contribution >= 0.6 is 0 Å². The van der Waals surface area contributed by atoms with Gasteiger partial charge in [0.05, 0.1) is 30.5 Å². The fourth-order valence-electron chi connectivity index (χ4n) is 3.62. The summed E-state index contributed by atoms with van der Waals surface area (Å²) in [5.74, 6) is -0.744. The molecule has 0 aliphatic heterocycles. The second kappa shape index (κ2) is 7.28. The van der Waals surface area contributed by atoms with Crippen molar-refractivity contribution in [3.63, 3.8) is 0 Å². The van der Waals surface area contributed by atoms with E-state index in [1.807, 2.05) is 37.3 Å². The van der Waals surface area contributed by atoms with E-state index in [9.17, 15) is 9.18 Å². The molecule has 5 rings (SSSR count). The molecule has 0 aliphatic rings. The number of aryl methyl sites for hydroxylation is 1. The minimum Gasteiger partial charge on any atom is -0.469 e. The van der Waals surface area contributed by atoms with Crippen LogP contribution in [0.4, 0.5) is 4.39 Å². The van der Waals surface area contributed by atoms with E-state index in [0.29, 0.717) is 28.2 Å². The summed E-state index contributed by atoms with van der Waals surface area (Å²) in [6.45, 7) is 1.86. The number of ether oxygens (including phenoxy) is 1. The van der Waals surface area contributed by atoms with Crippen LogP contribution in [-0.4, -0.2) is 42.7 Å². The van der Waals surface area contributed by atoms with Gasteiger partial charge in [0.2, 0.25) is 0 Å². The summed E-state index contributed by atoms with van der Waals surface area (Å²) in [5.41, 5.74) is 5.02. The Morgan fingerprint density at radius 2 is 1.77 bits per heavy atom. The highest BCUT2D eigenvalue weighted by Crippen LogP contribution is 2.30. The molecule has 9 heteroatoms. The van der Waals surface area contributed by atoms with Gasteiger partial charge in [-0.05, 0) is 36.8 Å². The van der Waals surface area contributed by atoms with E-state index in [1.165, 1.54) is 19.2 Å². The van der Waals surface area contributed by atoms with Gasteiger partial charge in [-0.2, -0.15) is 14.7 Å². The number of fused-ring (bicyclic) bond motifs is 3. The van der Waals surface area contributed by atoms with Crippen molar-refractivity contribution in [1.29, 1.82) is 0 Å². The van der Waals surface area contributed by atoms with Crippen LogP contribution in [0, 0.1) is 12.7 Å². The monoisotopic (exact) mass is 416 g/mol. The fraction of sp³-hybridized carbons (Fsp3) is 0.136. The fourth-order valence-corrected chi connectivity index (χ4v) is 3.62. The Morgan fingerprint density at radius 1 is 1.03 bits per heavy atom. The molecule has 0 atom stereocenters. The minimum atomic E-state index is -0.426. The number of benzene rings is 2. The van der Waals surface area contributed by atoms with Crippen molar-refractivity contribution >= 4 is 22.8 Å². The van der Waals surface area contributed by atoms with E-state index in [0.717, 1.165) is 16.8 Å². The van der Waals surface area contributed by atoms with Crippen LogP contribution in [0.25, 0.3) is 33.6 Å². The van der Waals surface area contributed by atoms with Crippen LogP contribution in [0.3, 0.4) is 0 Å². The van der Waals surface area contributed by atoms with Gasteiger partial charge in [-0.3, -0.25) is 4.79 Å². The molecule has 8 nitrogen and oxygen atoms in total. The van der Waals surface area contributed by atoms with Crippen molar-refractivity contribution in [2.24, 2.45) is 0 Å². The highest BCUT2D eigenvalue weighted by atomic mass is 19.1. The molecule has 0 radical (unpaired) electrons. The summed E-state index contributed by atoms with van der Waals surface area (Å²) in [7, 11) is 1.33. The highest BCUT2D eigenvalue weighted by molar-refractivity contribution is 5.86. The lowest BCUT2D eigenvalue weighted by molar-refractivity contribution is -0.139. The molecule has 0 bridgehead atoms. The quantitative estimate of drug-likeness (QED) is 0.418. The number of nitrogens with zero attached hydrogens (tertiary/aromatic N) is 6. The van der Waals surface area contributed by atoms with E-state index < -0.39 is 5.97 Å². The predicted molar refractivity (Wildman–Crippen MR) is 111 cm³/mol. The van der Waals surface area contributed by atoms with Gasteiger partial charge in [0.15, 0.2) is 16.8 Å². The van der Waals surface area contributed by atoms with Crippen molar-refractivity contribution < 1.29 is 13.9 Å². The van der Waals surface area contributed by atoms with E-state index in [4.69, 9.17) is 4.74 Å². The molecule has 31 heavy (non-hydrogen) atoms. The summed E-state index contributed by atoms with van der Waals surface area (Å²) >= 11 is 0. The van der Waals surface area contributed by atoms with Crippen molar-refractivity contribution in [2.75, 3.05) is 7.11 Å². The first kappa shape index (κ1) is 18.9. The molecule has 0 unspecified atom stereocenters. The van der Waals surface area contributed by atoms with Gasteiger partial charge in [0, 0.05) is 0 Å². The first-order valence-electron chi connectivity index (χ1n) is 9.58. The molecule has 0 saturated heterocycles. The average molecular weight is 416 g/mol. The molecular weight excluding hydrogens is 399 g/mol. The third-order valence-electron chi connectivity index (χ3n) is 5.06. The van der Waals surface area contributed by atoms with Crippen LogP contribution in [0.15, 0.2) is 54.6 Å². The van der Waals surface area contributed by atoms with Gasteiger partial charge in [0.1, 0.15) is 11.5 Å². The zero-order valence-corrected chi connectivity index (χ0v) is 16.8. The van der Waals surface area contributed by atoms with Gasteiger partial charge in [-0.15, -0.1) is 10.2 Å². The maximum Gasteiger partial charge on any atom is 0.311 e. The Morgan fingerprint density at radius 3 is 2.48 bits per heavy atom. The minimum absolute atomic E-state index is 0.0436. The average Bonchev–Trinajstić information content (AvgIpc) is 3.32. The zero-order valence-electron chi connectivity index (χ0n) is 16.8. The van der Waals surface area contributed by atoms with Gasteiger partial charge in [0.25, 0.3) is 0 Å². The molecule has 0 aliphatic carbocycles. The Balaban J connectivity index is 1.82. The third-order valence-corrected chi connectivity index (χ3v) is 5.06. The van der Waals surface area contributed by atoms with Crippen molar-refractivity contribution in [3.8, 4) is 16.8 Å². The molecule has 2 aromatic carbocycles. The molecule has 0 amide bonds. The maximum atomic E-state index is 13.4. The number of esters is 1. The van der Waals surface area contributed by atoms with Crippen molar-refractivity contribution in [2.45, 2.75) is 13.3 Å². The summed E-state index contributed by atoms with van der Waals surface area (Å²) in [6, 6.07) is 15.7. The SMILES string of the molecule is COC(=O)Cc1nn(-c2ccccc2)c2c1nnc1c(-c3ccc(F)cc3)c(C)nn12. The molecule has 0 spiro atoms. The second-order valence-corrected chi connectivity index (χ2v) is 7.02. The number of hydrogen-bond acceptors (Lipinski definition) is 6. The van der Waals surface area contributed by atoms with Crippen LogP contribution in [0.2, 0.25) is 0 Å². The first-order chi connectivity index (χ1) is 15.1. The number of para-hydroxylation sites is 1.